The molecule has 1 aliphatic heterocycles. The van der Waals surface area contributed by atoms with Crippen molar-refractivity contribution < 1.29 is 29.5 Å². The van der Waals surface area contributed by atoms with Crippen molar-refractivity contribution in [1.29, 1.82) is 0 Å². The Morgan fingerprint density at radius 1 is 1.12 bits per heavy atom. The molecule has 186 valence electrons. The monoisotopic (exact) mass is 490 g/mol. The zero-order valence-corrected chi connectivity index (χ0v) is 20.6. The van der Waals surface area contributed by atoms with E-state index in [1.165, 1.54) is 26.4 Å². The summed E-state index contributed by atoms with van der Waals surface area (Å²) in [5.74, 6) is -0.417. The number of rotatable bonds is 9. The summed E-state index contributed by atoms with van der Waals surface area (Å²) in [5.41, 5.74) is 2.99. The molecule has 2 aromatic carbocycles. The van der Waals surface area contributed by atoms with Crippen LogP contribution in [-0.4, -0.2) is 54.0 Å². The van der Waals surface area contributed by atoms with Gasteiger partial charge in [0.05, 0.1) is 19.3 Å². The number of aliphatic hydroxyl groups excluding tert-OH is 3. The number of ether oxygens (including phenoxy) is 3. The van der Waals surface area contributed by atoms with Crippen molar-refractivity contribution in [3.05, 3.63) is 64.2 Å². The summed E-state index contributed by atoms with van der Waals surface area (Å²) in [6.07, 6.45) is 2.35. The van der Waals surface area contributed by atoms with Gasteiger partial charge in [-0.1, -0.05) is 43.1 Å². The first-order valence-corrected chi connectivity index (χ1v) is 12.4. The fourth-order valence-corrected chi connectivity index (χ4v) is 5.15. The molecule has 3 N–H and O–H groups in total. The van der Waals surface area contributed by atoms with Gasteiger partial charge in [-0.3, -0.25) is 0 Å². The smallest absolute Gasteiger partial charge is 0.197 e. The van der Waals surface area contributed by atoms with Gasteiger partial charge in [-0.05, 0) is 61.1 Å². The Morgan fingerprint density at radius 2 is 1.85 bits per heavy atom. The average Bonchev–Trinajstić information content (AvgIpc) is 2.83. The highest BCUT2D eigenvalue weighted by Crippen LogP contribution is 2.44. The van der Waals surface area contributed by atoms with Gasteiger partial charge in [-0.2, -0.15) is 0 Å². The van der Waals surface area contributed by atoms with Crippen molar-refractivity contribution in [2.45, 2.75) is 69.5 Å². The lowest BCUT2D eigenvalue weighted by Gasteiger charge is -2.44. The van der Waals surface area contributed by atoms with E-state index < -0.39 is 30.7 Å². The van der Waals surface area contributed by atoms with Crippen LogP contribution in [0.1, 0.15) is 55.7 Å². The first-order chi connectivity index (χ1) is 16.3. The van der Waals surface area contributed by atoms with Crippen LogP contribution in [0.4, 0.5) is 0 Å². The molecule has 1 aliphatic carbocycles. The number of aliphatic hydroxyl groups is 3. The minimum atomic E-state index is -1.29. The Morgan fingerprint density at radius 3 is 2.44 bits per heavy atom. The maximum Gasteiger partial charge on any atom is 0.197 e. The molecule has 0 aromatic heterocycles. The van der Waals surface area contributed by atoms with E-state index in [0.717, 1.165) is 29.9 Å². The largest absolute Gasteiger partial charge is 0.493 e. The minimum absolute atomic E-state index is 0.0352. The predicted molar refractivity (Wildman–Crippen MR) is 130 cm³/mol. The second kappa shape index (κ2) is 10.5. The molecule has 34 heavy (non-hydrogen) atoms. The van der Waals surface area contributed by atoms with Crippen molar-refractivity contribution >= 4 is 11.6 Å². The van der Waals surface area contributed by atoms with E-state index in [1.54, 1.807) is 12.1 Å². The Balaban J connectivity index is 1.49. The highest BCUT2D eigenvalue weighted by molar-refractivity contribution is 6.31. The van der Waals surface area contributed by atoms with Gasteiger partial charge in [0.25, 0.3) is 0 Å². The van der Waals surface area contributed by atoms with Crippen LogP contribution in [0, 0.1) is 5.41 Å². The minimum Gasteiger partial charge on any atom is -0.493 e. The quantitative estimate of drug-likeness (QED) is 0.488. The highest BCUT2D eigenvalue weighted by atomic mass is 35.5. The van der Waals surface area contributed by atoms with E-state index in [2.05, 4.69) is 6.92 Å². The summed E-state index contributed by atoms with van der Waals surface area (Å²) < 4.78 is 17.7. The molecule has 2 fully saturated rings. The normalized spacial score (nSPS) is 28.4. The summed E-state index contributed by atoms with van der Waals surface area (Å²) in [4.78, 5) is 0. The molecule has 0 bridgehead atoms. The van der Waals surface area contributed by atoms with Crippen molar-refractivity contribution in [3.8, 4) is 5.75 Å². The van der Waals surface area contributed by atoms with Crippen LogP contribution in [0.15, 0.2) is 42.5 Å². The zero-order chi connectivity index (χ0) is 24.3. The highest BCUT2D eigenvalue weighted by Gasteiger charge is 2.47. The third-order valence-corrected chi connectivity index (χ3v) is 7.99. The second-order valence-electron chi connectivity index (χ2n) is 9.68. The van der Waals surface area contributed by atoms with Gasteiger partial charge < -0.3 is 29.5 Å². The molecule has 0 spiro atoms. The predicted octanol–water partition coefficient (Wildman–Crippen LogP) is 4.19. The molecule has 0 radical (unpaired) electrons. The Kier molecular flexibility index (Phi) is 7.87. The Labute approximate surface area is 206 Å². The molecule has 1 unspecified atom stereocenters. The lowest BCUT2D eigenvalue weighted by molar-refractivity contribution is -0.323. The van der Waals surface area contributed by atoms with Gasteiger partial charge in [-0.15, -0.1) is 0 Å². The number of benzene rings is 2. The third kappa shape index (κ3) is 5.13. The van der Waals surface area contributed by atoms with Crippen LogP contribution >= 0.6 is 11.6 Å². The zero-order valence-electron chi connectivity index (χ0n) is 19.9. The van der Waals surface area contributed by atoms with E-state index in [4.69, 9.17) is 25.8 Å². The summed E-state index contributed by atoms with van der Waals surface area (Å²) in [6.45, 7) is 2.57. The second-order valence-corrected chi connectivity index (χ2v) is 10.1. The van der Waals surface area contributed by atoms with E-state index in [1.807, 2.05) is 30.3 Å². The van der Waals surface area contributed by atoms with Crippen LogP contribution in [0.2, 0.25) is 5.02 Å². The van der Waals surface area contributed by atoms with Crippen molar-refractivity contribution in [2.24, 2.45) is 5.41 Å². The van der Waals surface area contributed by atoms with E-state index in [-0.39, 0.29) is 6.42 Å². The number of methoxy groups -OCH3 is 1. The van der Waals surface area contributed by atoms with Gasteiger partial charge in [0.1, 0.15) is 18.0 Å². The molecule has 4 atom stereocenters. The summed E-state index contributed by atoms with van der Waals surface area (Å²) in [7, 11) is 1.48. The van der Waals surface area contributed by atoms with Crippen molar-refractivity contribution in [1.82, 2.24) is 0 Å². The Bertz CT molecular complexity index is 955. The molecule has 0 amide bonds. The van der Waals surface area contributed by atoms with Gasteiger partial charge in [0.15, 0.2) is 5.79 Å². The first kappa shape index (κ1) is 25.4. The lowest BCUT2D eigenvalue weighted by atomic mass is 9.68. The molecule has 1 saturated heterocycles. The van der Waals surface area contributed by atoms with Crippen LogP contribution in [-0.2, 0) is 21.7 Å². The molecular formula is C27H35ClO6. The lowest BCUT2D eigenvalue weighted by Crippen LogP contribution is -2.55. The van der Waals surface area contributed by atoms with Gasteiger partial charge >= 0.3 is 0 Å². The van der Waals surface area contributed by atoms with Crippen LogP contribution in [0.25, 0.3) is 0 Å². The van der Waals surface area contributed by atoms with E-state index in [0.29, 0.717) is 22.4 Å². The molecule has 4 rings (SSSR count). The molecule has 2 aromatic rings. The molecule has 6 nitrogen and oxygen atoms in total. The molecule has 2 aliphatic rings. The SMILES string of the molecule is CCC1(COc2ccc(Cc3cc([C@@]4(OC)CC(O)[C@H](O)[C@@H](CO)O4)ccc3Cl)cc2)CCC1. The molecule has 1 heterocycles. The van der Waals surface area contributed by atoms with Crippen molar-refractivity contribution in [3.63, 3.8) is 0 Å². The van der Waals surface area contributed by atoms with Gasteiger partial charge in [-0.25, -0.2) is 0 Å². The molecule has 1 saturated carbocycles. The summed E-state index contributed by atoms with van der Waals surface area (Å²) in [5, 5.41) is 30.7. The summed E-state index contributed by atoms with van der Waals surface area (Å²) >= 11 is 6.52. The topological polar surface area (TPSA) is 88.4 Å². The fourth-order valence-electron chi connectivity index (χ4n) is 4.97. The van der Waals surface area contributed by atoms with Crippen LogP contribution in [0.3, 0.4) is 0 Å². The first-order valence-electron chi connectivity index (χ1n) is 12.0. The van der Waals surface area contributed by atoms with E-state index in [9.17, 15) is 15.3 Å². The average molecular weight is 491 g/mol. The third-order valence-electron chi connectivity index (χ3n) is 7.62. The van der Waals surface area contributed by atoms with Crippen molar-refractivity contribution in [2.75, 3.05) is 20.3 Å². The summed E-state index contributed by atoms with van der Waals surface area (Å²) in [6, 6.07) is 13.6. The maximum atomic E-state index is 10.4. The van der Waals surface area contributed by atoms with Gasteiger partial charge in [0, 0.05) is 29.5 Å². The number of halogens is 1. The maximum absolute atomic E-state index is 10.4. The van der Waals surface area contributed by atoms with Crippen LogP contribution in [0.5, 0.6) is 5.75 Å². The Hall–Kier alpha value is -1.67. The van der Waals surface area contributed by atoms with Gasteiger partial charge in [0.2, 0.25) is 0 Å². The standard InChI is InChI=1S/C27H35ClO6/c1-3-26(11-4-12-26)17-33-21-8-5-18(6-9-21)13-19-14-20(7-10-22(19)28)27(32-2)15-23(30)25(31)24(16-29)34-27/h5-10,14,23-25,29-31H,3-4,11-13,15-17H2,1-2H3/t23?,24-,25+,27-/m1/s1. The fraction of sp³-hybridized carbons (Fsp3) is 0.556. The molecular weight excluding hydrogens is 456 g/mol. The van der Waals surface area contributed by atoms with Crippen LogP contribution < -0.4 is 4.74 Å². The molecule has 7 heteroatoms. The number of hydrogen-bond donors (Lipinski definition) is 3. The number of hydrogen-bond acceptors (Lipinski definition) is 6. The van der Waals surface area contributed by atoms with E-state index >= 15 is 0 Å².